The van der Waals surface area contributed by atoms with Crippen molar-refractivity contribution in [2.45, 2.75) is 13.5 Å². The molecule has 2 rings (SSSR count). The predicted molar refractivity (Wildman–Crippen MR) is 53.4 cm³/mol. The van der Waals surface area contributed by atoms with Gasteiger partial charge in [-0.3, -0.25) is 0 Å². The summed E-state index contributed by atoms with van der Waals surface area (Å²) in [5.41, 5.74) is 1.28. The average molecular weight is 188 g/mol. The Kier molecular flexibility index (Phi) is 2.00. The number of nitrogens with zero attached hydrogens (tertiary/aromatic N) is 1. The molecule has 0 unspecified atom stereocenters. The quantitative estimate of drug-likeness (QED) is 0.784. The molecule has 2 aromatic rings. The minimum atomic E-state index is -0.886. The number of benzene rings is 1. The highest BCUT2D eigenvalue weighted by molar-refractivity contribution is 5.94. The van der Waals surface area contributed by atoms with Crippen molar-refractivity contribution < 1.29 is 9.90 Å². The number of carboxylic acids is 1. The second kappa shape index (κ2) is 3.18. The molecule has 1 aromatic carbocycles. The Bertz CT molecular complexity index is 485. The van der Waals surface area contributed by atoms with Crippen molar-refractivity contribution in [3.8, 4) is 0 Å². The third kappa shape index (κ3) is 1.18. The largest absolute Gasteiger partial charge is 0.477 e. The minimum Gasteiger partial charge on any atom is -0.477 e. The van der Waals surface area contributed by atoms with Crippen molar-refractivity contribution >= 4 is 16.9 Å². The SMILES string of the molecule is CCn1c(C(=O)O)cc2c[c]ccc21. The third-order valence-electron chi connectivity index (χ3n) is 2.28. The van der Waals surface area contributed by atoms with Crippen LogP contribution in [0.1, 0.15) is 17.4 Å². The van der Waals surface area contributed by atoms with E-state index >= 15 is 0 Å². The van der Waals surface area contributed by atoms with Crippen molar-refractivity contribution in [2.24, 2.45) is 0 Å². The fourth-order valence-corrected chi connectivity index (χ4v) is 1.67. The standard InChI is InChI=1S/C11H10NO2/c1-2-12-9-6-4-3-5-8(9)7-10(12)11(13)14/h4-7H,2H2,1H3,(H,13,14). The van der Waals surface area contributed by atoms with Gasteiger partial charge in [0, 0.05) is 17.4 Å². The number of carboxylic acid groups (broad SMARTS) is 1. The maximum absolute atomic E-state index is 10.9. The first kappa shape index (κ1) is 8.81. The van der Waals surface area contributed by atoms with E-state index < -0.39 is 5.97 Å². The second-order valence-electron chi connectivity index (χ2n) is 3.06. The number of carbonyl (C=O) groups is 1. The van der Waals surface area contributed by atoms with Crippen LogP contribution < -0.4 is 0 Å². The number of fused-ring (bicyclic) bond motifs is 1. The zero-order chi connectivity index (χ0) is 10.1. The van der Waals surface area contributed by atoms with Crippen LogP contribution in [0.4, 0.5) is 0 Å². The van der Waals surface area contributed by atoms with Gasteiger partial charge in [-0.2, -0.15) is 0 Å². The van der Waals surface area contributed by atoms with E-state index in [-0.39, 0.29) is 0 Å². The van der Waals surface area contributed by atoms with Crippen LogP contribution >= 0.6 is 0 Å². The molecule has 0 spiro atoms. The highest BCUT2D eigenvalue weighted by atomic mass is 16.4. The second-order valence-corrected chi connectivity index (χ2v) is 3.06. The molecule has 1 heterocycles. The lowest BCUT2D eigenvalue weighted by Crippen LogP contribution is -2.06. The summed E-state index contributed by atoms with van der Waals surface area (Å²) in [7, 11) is 0. The van der Waals surface area contributed by atoms with Crippen molar-refractivity contribution in [2.75, 3.05) is 0 Å². The van der Waals surface area contributed by atoms with Crippen molar-refractivity contribution in [3.63, 3.8) is 0 Å². The van der Waals surface area contributed by atoms with E-state index in [2.05, 4.69) is 6.07 Å². The Hall–Kier alpha value is -1.77. The smallest absolute Gasteiger partial charge is 0.352 e. The van der Waals surface area contributed by atoms with Gasteiger partial charge < -0.3 is 9.67 Å². The van der Waals surface area contributed by atoms with Crippen LogP contribution in [0.2, 0.25) is 0 Å². The molecule has 3 heteroatoms. The number of hydrogen-bond donors (Lipinski definition) is 1. The Balaban J connectivity index is 2.78. The first-order valence-corrected chi connectivity index (χ1v) is 4.46. The summed E-state index contributed by atoms with van der Waals surface area (Å²) in [5, 5.41) is 9.89. The number of hydrogen-bond acceptors (Lipinski definition) is 1. The molecule has 0 aliphatic carbocycles. The van der Waals surface area contributed by atoms with Crippen LogP contribution in [-0.4, -0.2) is 15.6 Å². The molecule has 0 saturated carbocycles. The van der Waals surface area contributed by atoms with Crippen molar-refractivity contribution in [3.05, 3.63) is 36.0 Å². The summed E-state index contributed by atoms with van der Waals surface area (Å²) in [6.07, 6.45) is 0. The molecule has 1 N–H and O–H groups in total. The van der Waals surface area contributed by atoms with Gasteiger partial charge in [0.1, 0.15) is 5.69 Å². The molecule has 1 radical (unpaired) electrons. The van der Waals surface area contributed by atoms with Gasteiger partial charge in [-0.15, -0.1) is 0 Å². The van der Waals surface area contributed by atoms with E-state index in [1.807, 2.05) is 13.0 Å². The summed E-state index contributed by atoms with van der Waals surface area (Å²) < 4.78 is 1.78. The average Bonchev–Trinajstić information content (AvgIpc) is 2.56. The first-order chi connectivity index (χ1) is 6.74. The van der Waals surface area contributed by atoms with Gasteiger partial charge in [-0.25, -0.2) is 4.79 Å². The molecule has 0 atom stereocenters. The van der Waals surface area contributed by atoms with E-state index in [0.29, 0.717) is 12.2 Å². The van der Waals surface area contributed by atoms with Gasteiger partial charge in [0.05, 0.1) is 0 Å². The van der Waals surface area contributed by atoms with E-state index in [1.165, 1.54) is 0 Å². The summed E-state index contributed by atoms with van der Waals surface area (Å²) in [4.78, 5) is 10.9. The van der Waals surface area contributed by atoms with Crippen LogP contribution in [0.5, 0.6) is 0 Å². The zero-order valence-electron chi connectivity index (χ0n) is 7.82. The fraction of sp³-hybridized carbons (Fsp3) is 0.182. The van der Waals surface area contributed by atoms with Gasteiger partial charge in [-0.05, 0) is 31.2 Å². The molecular formula is C11H10NO2. The number of aryl methyl sites for hydroxylation is 1. The first-order valence-electron chi connectivity index (χ1n) is 4.46. The molecule has 0 bridgehead atoms. The van der Waals surface area contributed by atoms with Gasteiger partial charge in [0.2, 0.25) is 0 Å². The summed E-state index contributed by atoms with van der Waals surface area (Å²) in [6.45, 7) is 2.59. The van der Waals surface area contributed by atoms with Gasteiger partial charge in [0.25, 0.3) is 0 Å². The van der Waals surface area contributed by atoms with E-state index in [4.69, 9.17) is 5.11 Å². The highest BCUT2D eigenvalue weighted by Gasteiger charge is 2.12. The molecule has 1 aromatic heterocycles. The Morgan fingerprint density at radius 1 is 1.64 bits per heavy atom. The van der Waals surface area contributed by atoms with E-state index in [0.717, 1.165) is 10.9 Å². The maximum atomic E-state index is 10.9. The Morgan fingerprint density at radius 3 is 3.07 bits per heavy atom. The monoisotopic (exact) mass is 188 g/mol. The number of aromatic nitrogens is 1. The Labute approximate surface area is 81.6 Å². The van der Waals surface area contributed by atoms with Crippen molar-refractivity contribution in [1.29, 1.82) is 0 Å². The lowest BCUT2D eigenvalue weighted by Gasteiger charge is -2.02. The molecule has 71 valence electrons. The molecular weight excluding hydrogens is 178 g/mol. The number of rotatable bonds is 2. The normalized spacial score (nSPS) is 10.6. The predicted octanol–water partition coefficient (Wildman–Crippen LogP) is 2.16. The lowest BCUT2D eigenvalue weighted by atomic mass is 10.2. The van der Waals surface area contributed by atoms with Gasteiger partial charge in [0.15, 0.2) is 0 Å². The Morgan fingerprint density at radius 2 is 2.43 bits per heavy atom. The van der Waals surface area contributed by atoms with Crippen molar-refractivity contribution in [1.82, 2.24) is 4.57 Å². The molecule has 0 amide bonds. The number of aromatic carboxylic acids is 1. The zero-order valence-corrected chi connectivity index (χ0v) is 7.82. The lowest BCUT2D eigenvalue weighted by molar-refractivity contribution is 0.0686. The molecule has 0 aliphatic rings. The summed E-state index contributed by atoms with van der Waals surface area (Å²) >= 11 is 0. The molecule has 0 saturated heterocycles. The third-order valence-corrected chi connectivity index (χ3v) is 2.28. The van der Waals surface area contributed by atoms with Crippen LogP contribution in [0.3, 0.4) is 0 Å². The summed E-state index contributed by atoms with van der Waals surface area (Å²) in [5.74, 6) is -0.886. The minimum absolute atomic E-state index is 0.335. The van der Waals surface area contributed by atoms with Gasteiger partial charge >= 0.3 is 5.97 Å². The van der Waals surface area contributed by atoms with E-state index in [9.17, 15) is 4.79 Å². The topological polar surface area (TPSA) is 42.2 Å². The highest BCUT2D eigenvalue weighted by Crippen LogP contribution is 2.19. The van der Waals surface area contributed by atoms with E-state index in [1.54, 1.807) is 22.8 Å². The molecule has 0 aliphatic heterocycles. The van der Waals surface area contributed by atoms with Crippen LogP contribution in [-0.2, 0) is 6.54 Å². The molecule has 0 fully saturated rings. The fourth-order valence-electron chi connectivity index (χ4n) is 1.67. The van der Waals surface area contributed by atoms with Crippen LogP contribution in [0.25, 0.3) is 10.9 Å². The van der Waals surface area contributed by atoms with Gasteiger partial charge in [-0.1, -0.05) is 6.07 Å². The van der Waals surface area contributed by atoms with Crippen LogP contribution in [0.15, 0.2) is 24.3 Å². The van der Waals surface area contributed by atoms with Crippen LogP contribution in [0, 0.1) is 6.07 Å². The molecule has 3 nitrogen and oxygen atoms in total. The summed E-state index contributed by atoms with van der Waals surface area (Å²) in [6, 6.07) is 10.1. The molecule has 14 heavy (non-hydrogen) atoms. The maximum Gasteiger partial charge on any atom is 0.352 e.